The number of nitrogens with one attached hydrogen (secondary N) is 1. The number of ether oxygens (including phenoxy) is 2. The van der Waals surface area contributed by atoms with Gasteiger partial charge >= 0.3 is 0 Å². The van der Waals surface area contributed by atoms with Crippen molar-refractivity contribution in [3.63, 3.8) is 0 Å². The Morgan fingerprint density at radius 1 is 1.19 bits per heavy atom. The molecule has 136 valence electrons. The first-order valence-electron chi connectivity index (χ1n) is 7.90. The van der Waals surface area contributed by atoms with Gasteiger partial charge < -0.3 is 9.47 Å². The van der Waals surface area contributed by atoms with E-state index in [1.54, 1.807) is 25.1 Å². The number of aromatic nitrogens is 5. The van der Waals surface area contributed by atoms with E-state index in [9.17, 15) is 0 Å². The van der Waals surface area contributed by atoms with Crippen molar-refractivity contribution in [1.82, 2.24) is 24.7 Å². The predicted molar refractivity (Wildman–Crippen MR) is 102 cm³/mol. The van der Waals surface area contributed by atoms with E-state index in [0.717, 1.165) is 22.5 Å². The molecule has 0 spiro atoms. The maximum absolute atomic E-state index is 5.36. The lowest BCUT2D eigenvalue weighted by Gasteiger charge is -2.09. The second-order valence-electron chi connectivity index (χ2n) is 5.69. The third-order valence-corrected chi connectivity index (χ3v) is 4.42. The van der Waals surface area contributed by atoms with E-state index in [2.05, 4.69) is 20.4 Å². The summed E-state index contributed by atoms with van der Waals surface area (Å²) in [7, 11) is 5.08. The highest BCUT2D eigenvalue weighted by molar-refractivity contribution is 7.71. The fourth-order valence-electron chi connectivity index (χ4n) is 2.65. The van der Waals surface area contributed by atoms with Crippen molar-refractivity contribution in [2.75, 3.05) is 14.2 Å². The minimum Gasteiger partial charge on any atom is -0.493 e. The molecule has 0 aliphatic carbocycles. The largest absolute Gasteiger partial charge is 0.493 e. The number of H-pyrrole nitrogens is 1. The third-order valence-electron chi connectivity index (χ3n) is 4.16. The summed E-state index contributed by atoms with van der Waals surface area (Å²) in [5.41, 5.74) is 3.67. The van der Waals surface area contributed by atoms with Crippen LogP contribution in [-0.2, 0) is 7.05 Å². The SMILES string of the molecule is COc1ccc(-c2n[nH]c(=S)n2N=Cc2c(C)nn(C)c2C)cc1OC. The van der Waals surface area contributed by atoms with E-state index in [1.165, 1.54) is 0 Å². The molecule has 0 aliphatic heterocycles. The summed E-state index contributed by atoms with van der Waals surface area (Å²) in [5, 5.41) is 16.0. The highest BCUT2D eigenvalue weighted by Gasteiger charge is 2.13. The van der Waals surface area contributed by atoms with Crippen LogP contribution in [0.15, 0.2) is 23.3 Å². The fourth-order valence-corrected chi connectivity index (χ4v) is 2.83. The van der Waals surface area contributed by atoms with Crippen LogP contribution >= 0.6 is 12.2 Å². The van der Waals surface area contributed by atoms with Gasteiger partial charge in [-0.1, -0.05) is 0 Å². The Morgan fingerprint density at radius 2 is 1.92 bits per heavy atom. The molecule has 0 atom stereocenters. The van der Waals surface area contributed by atoms with Crippen LogP contribution in [0, 0.1) is 18.6 Å². The van der Waals surface area contributed by atoms with Crippen LogP contribution in [0.1, 0.15) is 17.0 Å². The van der Waals surface area contributed by atoms with Gasteiger partial charge in [0.2, 0.25) is 4.77 Å². The molecule has 2 heterocycles. The van der Waals surface area contributed by atoms with Gasteiger partial charge in [-0.2, -0.15) is 20.0 Å². The third kappa shape index (κ3) is 3.13. The second kappa shape index (κ2) is 7.12. The van der Waals surface area contributed by atoms with Crippen LogP contribution < -0.4 is 9.47 Å². The van der Waals surface area contributed by atoms with E-state index in [4.69, 9.17) is 21.7 Å². The molecular formula is C17H20N6O2S. The van der Waals surface area contributed by atoms with E-state index < -0.39 is 0 Å². The predicted octanol–water partition coefficient (Wildman–Crippen LogP) is 2.86. The number of hydrogen-bond donors (Lipinski definition) is 1. The van der Waals surface area contributed by atoms with E-state index in [1.807, 2.05) is 43.8 Å². The number of benzene rings is 1. The minimum atomic E-state index is 0.394. The lowest BCUT2D eigenvalue weighted by molar-refractivity contribution is 0.355. The van der Waals surface area contributed by atoms with Crippen molar-refractivity contribution >= 4 is 18.4 Å². The molecule has 8 nitrogen and oxygen atoms in total. The maximum Gasteiger partial charge on any atom is 0.216 e. The number of nitrogens with zero attached hydrogens (tertiary/aromatic N) is 5. The van der Waals surface area contributed by atoms with Crippen molar-refractivity contribution < 1.29 is 9.47 Å². The molecule has 0 bridgehead atoms. The summed E-state index contributed by atoms with van der Waals surface area (Å²) in [6, 6.07) is 5.52. The number of hydrogen-bond acceptors (Lipinski definition) is 6. The molecule has 3 aromatic rings. The van der Waals surface area contributed by atoms with Gasteiger partial charge in [-0.25, -0.2) is 5.10 Å². The first kappa shape index (κ1) is 17.9. The molecule has 0 aliphatic rings. The molecule has 1 N–H and O–H groups in total. The second-order valence-corrected chi connectivity index (χ2v) is 6.07. The monoisotopic (exact) mass is 372 g/mol. The summed E-state index contributed by atoms with van der Waals surface area (Å²) in [5.74, 6) is 1.82. The summed E-state index contributed by atoms with van der Waals surface area (Å²) in [6.45, 7) is 3.93. The van der Waals surface area contributed by atoms with Gasteiger partial charge in [-0.05, 0) is 44.3 Å². The average molecular weight is 372 g/mol. The van der Waals surface area contributed by atoms with E-state index >= 15 is 0 Å². The van der Waals surface area contributed by atoms with Gasteiger partial charge in [0, 0.05) is 23.9 Å². The molecule has 26 heavy (non-hydrogen) atoms. The highest BCUT2D eigenvalue weighted by atomic mass is 32.1. The topological polar surface area (TPSA) is 82.3 Å². The van der Waals surface area contributed by atoms with Crippen LogP contribution in [0.3, 0.4) is 0 Å². The zero-order valence-electron chi connectivity index (χ0n) is 15.3. The molecule has 0 radical (unpaired) electrons. The summed E-state index contributed by atoms with van der Waals surface area (Å²) in [6.07, 6.45) is 1.74. The quantitative estimate of drug-likeness (QED) is 0.550. The Kier molecular flexibility index (Phi) is 4.90. The number of aryl methyl sites for hydroxylation is 2. The fraction of sp³-hybridized carbons (Fsp3) is 0.294. The van der Waals surface area contributed by atoms with Gasteiger partial charge in [-0.3, -0.25) is 4.68 Å². The average Bonchev–Trinajstić information content (AvgIpc) is 3.12. The maximum atomic E-state index is 5.36. The van der Waals surface area contributed by atoms with Gasteiger partial charge in [0.05, 0.1) is 26.1 Å². The van der Waals surface area contributed by atoms with Crippen LogP contribution in [0.25, 0.3) is 11.4 Å². The van der Waals surface area contributed by atoms with E-state index in [-0.39, 0.29) is 0 Å². The molecule has 0 fully saturated rings. The lowest BCUT2D eigenvalue weighted by atomic mass is 10.2. The van der Waals surface area contributed by atoms with Crippen molar-refractivity contribution in [2.45, 2.75) is 13.8 Å². The number of rotatable bonds is 5. The molecule has 9 heteroatoms. The van der Waals surface area contributed by atoms with Gasteiger partial charge in [0.25, 0.3) is 0 Å². The smallest absolute Gasteiger partial charge is 0.216 e. The molecule has 0 amide bonds. The van der Waals surface area contributed by atoms with Crippen LogP contribution in [-0.4, -0.2) is 45.1 Å². The lowest BCUT2D eigenvalue weighted by Crippen LogP contribution is -1.98. The Morgan fingerprint density at radius 3 is 2.54 bits per heavy atom. The summed E-state index contributed by atoms with van der Waals surface area (Å²) >= 11 is 5.32. The zero-order valence-corrected chi connectivity index (χ0v) is 16.1. The Balaban J connectivity index is 2.05. The van der Waals surface area contributed by atoms with Gasteiger partial charge in [0.1, 0.15) is 0 Å². The molecule has 0 unspecified atom stereocenters. The molecule has 0 saturated heterocycles. The Hall–Kier alpha value is -2.94. The summed E-state index contributed by atoms with van der Waals surface area (Å²) in [4.78, 5) is 0. The van der Waals surface area contributed by atoms with E-state index in [0.29, 0.717) is 22.1 Å². The summed E-state index contributed by atoms with van der Waals surface area (Å²) < 4.78 is 14.4. The van der Waals surface area contributed by atoms with Crippen LogP contribution in [0.4, 0.5) is 0 Å². The van der Waals surface area contributed by atoms with Crippen LogP contribution in [0.2, 0.25) is 0 Å². The zero-order chi connectivity index (χ0) is 18.8. The van der Waals surface area contributed by atoms with Crippen molar-refractivity contribution in [2.24, 2.45) is 12.1 Å². The Bertz CT molecular complexity index is 1030. The normalized spacial score (nSPS) is 11.3. The van der Waals surface area contributed by atoms with Crippen molar-refractivity contribution in [1.29, 1.82) is 0 Å². The van der Waals surface area contributed by atoms with Crippen molar-refractivity contribution in [3.05, 3.63) is 39.9 Å². The number of aromatic amines is 1. The Labute approximate surface area is 156 Å². The number of methoxy groups -OCH3 is 2. The molecule has 0 saturated carbocycles. The van der Waals surface area contributed by atoms with Crippen LogP contribution in [0.5, 0.6) is 11.5 Å². The molecule has 3 rings (SSSR count). The molecule has 1 aromatic carbocycles. The minimum absolute atomic E-state index is 0.394. The first-order valence-corrected chi connectivity index (χ1v) is 8.31. The first-order chi connectivity index (χ1) is 12.5. The molecule has 2 aromatic heterocycles. The standard InChI is InChI=1S/C17H20N6O2S/c1-10-13(11(2)22(3)21-10)9-18-23-16(19-20-17(23)26)12-6-7-14(24-4)15(8-12)25-5/h6-9H,1-5H3,(H,20,26). The molecular weight excluding hydrogens is 352 g/mol. The highest BCUT2D eigenvalue weighted by Crippen LogP contribution is 2.31. The van der Waals surface area contributed by atoms with Gasteiger partial charge in [0.15, 0.2) is 17.3 Å². The van der Waals surface area contributed by atoms with Gasteiger partial charge in [-0.15, -0.1) is 0 Å². The van der Waals surface area contributed by atoms with Crippen molar-refractivity contribution in [3.8, 4) is 22.9 Å².